The molecule has 0 radical (unpaired) electrons. The van der Waals surface area contributed by atoms with E-state index in [9.17, 15) is 14.4 Å². The first-order valence-electron chi connectivity index (χ1n) is 5.81. The molecule has 1 N–H and O–H groups in total. The van der Waals surface area contributed by atoms with Gasteiger partial charge in [-0.3, -0.25) is 14.4 Å². The Morgan fingerprint density at radius 1 is 1.25 bits per heavy atom. The molecule has 1 saturated heterocycles. The van der Waals surface area contributed by atoms with Crippen LogP contribution in [0.4, 0.5) is 5.69 Å². The van der Waals surface area contributed by atoms with Gasteiger partial charge in [0.05, 0.1) is 0 Å². The zero-order valence-corrected chi connectivity index (χ0v) is 11.6. The zero-order chi connectivity index (χ0) is 14.9. The third-order valence-electron chi connectivity index (χ3n) is 2.52. The van der Waals surface area contributed by atoms with Gasteiger partial charge < -0.3 is 14.8 Å². The average Bonchev–Trinajstić information content (AvgIpc) is 2.25. The molecule has 0 saturated carbocycles. The molecule has 0 aliphatic carbocycles. The summed E-state index contributed by atoms with van der Waals surface area (Å²) < 4.78 is 9.74. The quantitative estimate of drug-likeness (QED) is 0.664. The lowest BCUT2D eigenvalue weighted by Crippen LogP contribution is -2.50. The highest BCUT2D eigenvalue weighted by Gasteiger charge is 2.47. The second-order valence-electron chi connectivity index (χ2n) is 4.67. The lowest BCUT2D eigenvalue weighted by molar-refractivity contribution is -0.238. The SMILES string of the molecule is CC1(C)OC(=O)C(C(=O)Nc2cccc(Cl)c2)C(=O)O1. The number of nitrogens with one attached hydrogen (secondary N) is 1. The normalized spacial score (nSPS) is 18.1. The van der Waals surface area contributed by atoms with Crippen molar-refractivity contribution >= 4 is 35.1 Å². The molecule has 2 rings (SSSR count). The van der Waals surface area contributed by atoms with Gasteiger partial charge in [-0.2, -0.15) is 0 Å². The molecule has 0 bridgehead atoms. The lowest BCUT2D eigenvalue weighted by atomic mass is 10.1. The van der Waals surface area contributed by atoms with Gasteiger partial charge in [-0.25, -0.2) is 0 Å². The Bertz CT molecular complexity index is 564. The number of esters is 2. The van der Waals surface area contributed by atoms with E-state index in [0.29, 0.717) is 10.7 Å². The summed E-state index contributed by atoms with van der Waals surface area (Å²) in [4.78, 5) is 35.4. The second kappa shape index (κ2) is 5.13. The second-order valence-corrected chi connectivity index (χ2v) is 5.11. The van der Waals surface area contributed by atoms with E-state index in [0.717, 1.165) is 0 Å². The molecule has 20 heavy (non-hydrogen) atoms. The fourth-order valence-corrected chi connectivity index (χ4v) is 1.90. The highest BCUT2D eigenvalue weighted by molar-refractivity contribution is 6.31. The van der Waals surface area contributed by atoms with Crippen molar-refractivity contribution in [1.29, 1.82) is 0 Å². The maximum Gasteiger partial charge on any atom is 0.333 e. The Morgan fingerprint density at radius 3 is 2.40 bits per heavy atom. The molecule has 0 spiro atoms. The minimum Gasteiger partial charge on any atom is -0.422 e. The largest absolute Gasteiger partial charge is 0.422 e. The number of cyclic esters (lactones) is 2. The van der Waals surface area contributed by atoms with Crippen molar-refractivity contribution in [3.8, 4) is 0 Å². The molecule has 1 aromatic carbocycles. The predicted octanol–water partition coefficient (Wildman–Crippen LogP) is 1.73. The van der Waals surface area contributed by atoms with Crippen LogP contribution >= 0.6 is 11.6 Å². The maximum absolute atomic E-state index is 12.0. The third kappa shape index (κ3) is 3.08. The summed E-state index contributed by atoms with van der Waals surface area (Å²) in [6, 6.07) is 6.32. The fraction of sp³-hybridized carbons (Fsp3) is 0.308. The standard InChI is InChI=1S/C13H12ClNO5/c1-13(2)19-11(17)9(12(18)20-13)10(16)15-8-5-3-4-7(14)6-8/h3-6,9H,1-2H3,(H,15,16). The van der Waals surface area contributed by atoms with Crippen LogP contribution < -0.4 is 5.32 Å². The number of amides is 1. The number of carbonyl (C=O) groups is 3. The predicted molar refractivity (Wildman–Crippen MR) is 69.8 cm³/mol. The van der Waals surface area contributed by atoms with E-state index >= 15 is 0 Å². The molecule has 1 aliphatic heterocycles. The number of halogens is 1. The number of benzene rings is 1. The Morgan fingerprint density at radius 2 is 1.85 bits per heavy atom. The monoisotopic (exact) mass is 297 g/mol. The van der Waals surface area contributed by atoms with Gasteiger partial charge in [0, 0.05) is 24.6 Å². The zero-order valence-electron chi connectivity index (χ0n) is 10.8. The van der Waals surface area contributed by atoms with Crippen LogP contribution in [0.15, 0.2) is 24.3 Å². The van der Waals surface area contributed by atoms with E-state index in [1.807, 2.05) is 0 Å². The molecule has 106 valence electrons. The van der Waals surface area contributed by atoms with Crippen LogP contribution in [0.2, 0.25) is 5.02 Å². The van der Waals surface area contributed by atoms with Crippen LogP contribution in [0.25, 0.3) is 0 Å². The fourth-order valence-electron chi connectivity index (χ4n) is 1.71. The van der Waals surface area contributed by atoms with Crippen molar-refractivity contribution in [1.82, 2.24) is 0 Å². The number of ether oxygens (including phenoxy) is 2. The first-order valence-corrected chi connectivity index (χ1v) is 6.18. The molecular weight excluding hydrogens is 286 g/mol. The lowest BCUT2D eigenvalue weighted by Gasteiger charge is -2.32. The summed E-state index contributed by atoms with van der Waals surface area (Å²) in [6.45, 7) is 2.82. The van der Waals surface area contributed by atoms with Gasteiger partial charge >= 0.3 is 11.9 Å². The van der Waals surface area contributed by atoms with E-state index in [1.165, 1.54) is 19.9 Å². The van der Waals surface area contributed by atoms with Gasteiger partial charge in [0.2, 0.25) is 11.8 Å². The van der Waals surface area contributed by atoms with Gasteiger partial charge in [-0.1, -0.05) is 17.7 Å². The summed E-state index contributed by atoms with van der Waals surface area (Å²) in [5, 5.41) is 2.83. The van der Waals surface area contributed by atoms with E-state index in [4.69, 9.17) is 21.1 Å². The van der Waals surface area contributed by atoms with Gasteiger partial charge in [0.1, 0.15) is 0 Å². The van der Waals surface area contributed by atoms with Gasteiger partial charge in [-0.15, -0.1) is 0 Å². The molecule has 0 aromatic heterocycles. The van der Waals surface area contributed by atoms with Crippen molar-refractivity contribution < 1.29 is 23.9 Å². The van der Waals surface area contributed by atoms with Crippen LogP contribution in [0.5, 0.6) is 0 Å². The Balaban J connectivity index is 2.13. The molecule has 0 atom stereocenters. The molecule has 1 heterocycles. The van der Waals surface area contributed by atoms with Crippen LogP contribution in [0.3, 0.4) is 0 Å². The van der Waals surface area contributed by atoms with Crippen LogP contribution in [-0.4, -0.2) is 23.6 Å². The smallest absolute Gasteiger partial charge is 0.333 e. The molecule has 1 fully saturated rings. The van der Waals surface area contributed by atoms with Crippen molar-refractivity contribution in [2.45, 2.75) is 19.6 Å². The molecule has 0 unspecified atom stereocenters. The highest BCUT2D eigenvalue weighted by atomic mass is 35.5. The first kappa shape index (κ1) is 14.3. The highest BCUT2D eigenvalue weighted by Crippen LogP contribution is 2.24. The Hall–Kier alpha value is -2.08. The molecule has 7 heteroatoms. The van der Waals surface area contributed by atoms with Crippen molar-refractivity contribution in [2.24, 2.45) is 5.92 Å². The van der Waals surface area contributed by atoms with Crippen molar-refractivity contribution in [3.05, 3.63) is 29.3 Å². The molecule has 1 aromatic rings. The molecule has 1 amide bonds. The summed E-state index contributed by atoms with van der Waals surface area (Å²) in [5.41, 5.74) is 0.368. The van der Waals surface area contributed by atoms with E-state index < -0.39 is 29.6 Å². The average molecular weight is 298 g/mol. The number of rotatable bonds is 2. The van der Waals surface area contributed by atoms with Crippen molar-refractivity contribution in [2.75, 3.05) is 5.32 Å². The third-order valence-corrected chi connectivity index (χ3v) is 2.75. The van der Waals surface area contributed by atoms with E-state index in [2.05, 4.69) is 5.32 Å². The van der Waals surface area contributed by atoms with Gasteiger partial charge in [-0.05, 0) is 18.2 Å². The summed E-state index contributed by atoms with van der Waals surface area (Å²) in [7, 11) is 0. The Kier molecular flexibility index (Phi) is 3.67. The minimum absolute atomic E-state index is 0.368. The maximum atomic E-state index is 12.0. The molecular formula is C13H12ClNO5. The minimum atomic E-state index is -1.64. The summed E-state index contributed by atoms with van der Waals surface area (Å²) in [5.74, 6) is -5.70. The van der Waals surface area contributed by atoms with Crippen LogP contribution in [-0.2, 0) is 23.9 Å². The first-order chi connectivity index (χ1) is 9.28. The van der Waals surface area contributed by atoms with E-state index in [-0.39, 0.29) is 0 Å². The Labute approximate surface area is 120 Å². The molecule has 6 nitrogen and oxygen atoms in total. The molecule has 1 aliphatic rings. The number of carbonyl (C=O) groups excluding carboxylic acids is 3. The number of anilines is 1. The van der Waals surface area contributed by atoms with Crippen LogP contribution in [0.1, 0.15) is 13.8 Å². The van der Waals surface area contributed by atoms with E-state index in [1.54, 1.807) is 18.2 Å². The number of hydrogen-bond acceptors (Lipinski definition) is 5. The van der Waals surface area contributed by atoms with Gasteiger partial charge in [0.15, 0.2) is 0 Å². The summed E-state index contributed by atoms with van der Waals surface area (Å²) in [6.07, 6.45) is 0. The summed E-state index contributed by atoms with van der Waals surface area (Å²) >= 11 is 5.77. The van der Waals surface area contributed by atoms with Crippen molar-refractivity contribution in [3.63, 3.8) is 0 Å². The van der Waals surface area contributed by atoms with Crippen LogP contribution in [0, 0.1) is 5.92 Å². The topological polar surface area (TPSA) is 81.7 Å². The van der Waals surface area contributed by atoms with Gasteiger partial charge in [0.25, 0.3) is 5.79 Å². The number of hydrogen-bond donors (Lipinski definition) is 1.